The molecule has 2 heterocycles. The molecule has 26 heavy (non-hydrogen) atoms. The highest BCUT2D eigenvalue weighted by Gasteiger charge is 2.20. The molecule has 0 saturated heterocycles. The molecule has 10 heteroatoms. The van der Waals surface area contributed by atoms with Gasteiger partial charge in [-0.3, -0.25) is 4.79 Å². The van der Waals surface area contributed by atoms with Crippen molar-refractivity contribution in [3.05, 3.63) is 52.8 Å². The predicted molar refractivity (Wildman–Crippen MR) is 104 cm³/mol. The molecule has 2 aromatic heterocycles. The molecule has 0 aliphatic heterocycles. The third-order valence-corrected chi connectivity index (χ3v) is 5.01. The number of amides is 1. The fourth-order valence-corrected chi connectivity index (χ4v) is 3.23. The number of carbonyl (C=O) groups is 1. The van der Waals surface area contributed by atoms with Gasteiger partial charge < -0.3 is 11.2 Å². The summed E-state index contributed by atoms with van der Waals surface area (Å²) in [5.41, 5.74) is 1.18. The molecule has 0 aliphatic carbocycles. The van der Waals surface area contributed by atoms with Crippen molar-refractivity contribution in [1.29, 1.82) is 0 Å². The summed E-state index contributed by atoms with van der Waals surface area (Å²) in [6.45, 7) is 1.73. The molecule has 3 aromatic rings. The number of benzene rings is 1. The van der Waals surface area contributed by atoms with Crippen molar-refractivity contribution >= 4 is 46.6 Å². The molecular weight excluding hydrogens is 395 g/mol. The van der Waals surface area contributed by atoms with Crippen LogP contribution in [0.4, 0.5) is 5.69 Å². The van der Waals surface area contributed by atoms with Crippen LogP contribution in [0.5, 0.6) is 0 Å². The van der Waals surface area contributed by atoms with E-state index in [0.717, 1.165) is 5.56 Å². The van der Waals surface area contributed by atoms with Crippen LogP contribution in [0, 0.1) is 0 Å². The van der Waals surface area contributed by atoms with Gasteiger partial charge in [-0.25, -0.2) is 9.66 Å². The fraction of sp³-hybridized carbons (Fsp3) is 0.125. The van der Waals surface area contributed by atoms with Crippen LogP contribution in [-0.4, -0.2) is 31.0 Å². The lowest BCUT2D eigenvalue weighted by atomic mass is 10.2. The van der Waals surface area contributed by atoms with E-state index in [0.29, 0.717) is 21.7 Å². The standard InChI is InChI=1S/C16H14Cl2N6OS/c1-9(15(25)21-12-6-3-7-20-13(12)18)26-16-23-22-14(24(16)19)10-4-2-5-11(17)8-10/h2-9H,19H2,1H3,(H,21,25)/t9-/m1/s1. The molecule has 1 amide bonds. The minimum Gasteiger partial charge on any atom is -0.335 e. The molecule has 134 valence electrons. The Labute approximate surface area is 163 Å². The summed E-state index contributed by atoms with van der Waals surface area (Å²) in [7, 11) is 0. The van der Waals surface area contributed by atoms with Gasteiger partial charge in [0.2, 0.25) is 11.1 Å². The molecule has 0 bridgehead atoms. The quantitative estimate of drug-likeness (QED) is 0.380. The first-order valence-corrected chi connectivity index (χ1v) is 9.13. The number of nitrogens with one attached hydrogen (secondary N) is 1. The van der Waals surface area contributed by atoms with Crippen LogP contribution in [0.3, 0.4) is 0 Å². The van der Waals surface area contributed by atoms with Crippen molar-refractivity contribution in [2.24, 2.45) is 0 Å². The Morgan fingerprint density at radius 1 is 1.27 bits per heavy atom. The second-order valence-corrected chi connectivity index (χ2v) is 7.38. The van der Waals surface area contributed by atoms with Crippen molar-refractivity contribution in [3.63, 3.8) is 0 Å². The molecule has 1 atom stereocenters. The number of carbonyl (C=O) groups excluding carboxylic acids is 1. The summed E-state index contributed by atoms with van der Waals surface area (Å²) in [4.78, 5) is 16.3. The second kappa shape index (κ2) is 7.94. The molecule has 7 nitrogen and oxygen atoms in total. The number of rotatable bonds is 5. The normalized spacial score (nSPS) is 12.0. The van der Waals surface area contributed by atoms with Gasteiger partial charge in [-0.05, 0) is 31.2 Å². The number of nitrogens with two attached hydrogens (primary N) is 1. The Balaban J connectivity index is 1.73. The molecule has 0 radical (unpaired) electrons. The summed E-state index contributed by atoms with van der Waals surface area (Å²) in [6, 6.07) is 10.5. The number of nitrogens with zero attached hydrogens (tertiary/aromatic N) is 4. The highest BCUT2D eigenvalue weighted by molar-refractivity contribution is 8.00. The zero-order chi connectivity index (χ0) is 18.7. The van der Waals surface area contributed by atoms with E-state index in [1.807, 2.05) is 6.07 Å². The van der Waals surface area contributed by atoms with Crippen LogP contribution >= 0.6 is 35.0 Å². The van der Waals surface area contributed by atoms with E-state index >= 15 is 0 Å². The topological polar surface area (TPSA) is 98.7 Å². The van der Waals surface area contributed by atoms with E-state index in [9.17, 15) is 4.79 Å². The highest BCUT2D eigenvalue weighted by atomic mass is 35.5. The van der Waals surface area contributed by atoms with Gasteiger partial charge in [0.05, 0.1) is 10.9 Å². The molecule has 3 rings (SSSR count). The van der Waals surface area contributed by atoms with Crippen molar-refractivity contribution in [1.82, 2.24) is 19.9 Å². The summed E-state index contributed by atoms with van der Waals surface area (Å²) in [6.07, 6.45) is 1.55. The number of nitrogen functional groups attached to an aromatic ring is 1. The summed E-state index contributed by atoms with van der Waals surface area (Å²) < 4.78 is 1.33. The summed E-state index contributed by atoms with van der Waals surface area (Å²) >= 11 is 13.1. The number of hydrogen-bond donors (Lipinski definition) is 2. The Morgan fingerprint density at radius 2 is 2.08 bits per heavy atom. The third kappa shape index (κ3) is 4.09. The number of thioether (sulfide) groups is 1. The lowest BCUT2D eigenvalue weighted by molar-refractivity contribution is -0.115. The minimum absolute atomic E-state index is 0.225. The van der Waals surface area contributed by atoms with Crippen LogP contribution < -0.4 is 11.2 Å². The lowest BCUT2D eigenvalue weighted by Gasteiger charge is -2.12. The second-order valence-electron chi connectivity index (χ2n) is 5.28. The Bertz CT molecular complexity index is 948. The smallest absolute Gasteiger partial charge is 0.237 e. The number of hydrogen-bond acceptors (Lipinski definition) is 6. The van der Waals surface area contributed by atoms with E-state index in [1.165, 1.54) is 16.4 Å². The fourth-order valence-electron chi connectivity index (χ4n) is 2.11. The molecule has 0 saturated carbocycles. The average Bonchev–Trinajstić information content (AvgIpc) is 2.97. The highest BCUT2D eigenvalue weighted by Crippen LogP contribution is 2.27. The summed E-state index contributed by atoms with van der Waals surface area (Å²) in [5, 5.41) is 11.6. The largest absolute Gasteiger partial charge is 0.335 e. The van der Waals surface area contributed by atoms with Crippen LogP contribution in [0.15, 0.2) is 47.8 Å². The van der Waals surface area contributed by atoms with E-state index in [1.54, 1.807) is 43.5 Å². The van der Waals surface area contributed by atoms with Gasteiger partial charge in [-0.1, -0.05) is 47.1 Å². The van der Waals surface area contributed by atoms with Crippen LogP contribution in [-0.2, 0) is 4.79 Å². The predicted octanol–water partition coefficient (Wildman–Crippen LogP) is 3.48. The number of aromatic nitrogens is 4. The minimum atomic E-state index is -0.481. The van der Waals surface area contributed by atoms with Crippen molar-refractivity contribution in [2.75, 3.05) is 11.2 Å². The number of halogens is 2. The van der Waals surface area contributed by atoms with E-state index in [2.05, 4.69) is 20.5 Å². The van der Waals surface area contributed by atoms with Gasteiger partial charge in [-0.2, -0.15) is 0 Å². The van der Waals surface area contributed by atoms with Crippen molar-refractivity contribution < 1.29 is 4.79 Å². The molecule has 1 aromatic carbocycles. The van der Waals surface area contributed by atoms with E-state index in [4.69, 9.17) is 29.0 Å². The van der Waals surface area contributed by atoms with Crippen molar-refractivity contribution in [3.8, 4) is 11.4 Å². The molecule has 0 aliphatic rings. The summed E-state index contributed by atoms with van der Waals surface area (Å²) in [5.74, 6) is 6.28. The molecular formula is C16H14Cl2N6OS. The van der Waals surface area contributed by atoms with Gasteiger partial charge in [-0.15, -0.1) is 10.2 Å². The number of anilines is 1. The van der Waals surface area contributed by atoms with Crippen LogP contribution in [0.2, 0.25) is 10.2 Å². The monoisotopic (exact) mass is 408 g/mol. The van der Waals surface area contributed by atoms with Gasteiger partial charge >= 0.3 is 0 Å². The number of pyridine rings is 1. The lowest BCUT2D eigenvalue weighted by Crippen LogP contribution is -2.24. The van der Waals surface area contributed by atoms with Crippen LogP contribution in [0.25, 0.3) is 11.4 Å². The Hall–Kier alpha value is -2.29. The maximum Gasteiger partial charge on any atom is 0.237 e. The van der Waals surface area contributed by atoms with Gasteiger partial charge in [0.15, 0.2) is 11.0 Å². The van der Waals surface area contributed by atoms with Gasteiger partial charge in [0.1, 0.15) is 0 Å². The molecule has 3 N–H and O–H groups in total. The first kappa shape index (κ1) is 18.5. The van der Waals surface area contributed by atoms with Gasteiger partial charge in [0.25, 0.3) is 0 Å². The zero-order valence-corrected chi connectivity index (χ0v) is 15.9. The average molecular weight is 409 g/mol. The maximum absolute atomic E-state index is 12.4. The maximum atomic E-state index is 12.4. The SMILES string of the molecule is C[C@@H](Sc1nnc(-c2cccc(Cl)c2)n1N)C(=O)Nc1cccnc1Cl. The Kier molecular flexibility index (Phi) is 5.65. The van der Waals surface area contributed by atoms with Crippen molar-refractivity contribution in [2.45, 2.75) is 17.3 Å². The van der Waals surface area contributed by atoms with Gasteiger partial charge in [0, 0.05) is 16.8 Å². The molecule has 0 unspecified atom stereocenters. The first-order chi connectivity index (χ1) is 12.5. The van der Waals surface area contributed by atoms with Crippen LogP contribution in [0.1, 0.15) is 6.92 Å². The Morgan fingerprint density at radius 3 is 2.81 bits per heavy atom. The molecule has 0 fully saturated rings. The third-order valence-electron chi connectivity index (χ3n) is 3.42. The zero-order valence-electron chi connectivity index (χ0n) is 13.6. The molecule has 0 spiro atoms. The first-order valence-electron chi connectivity index (χ1n) is 7.50. The van der Waals surface area contributed by atoms with E-state index in [-0.39, 0.29) is 11.1 Å². The van der Waals surface area contributed by atoms with E-state index < -0.39 is 5.25 Å².